The Labute approximate surface area is 119 Å². The van der Waals surface area contributed by atoms with Crippen LogP contribution in [-0.2, 0) is 0 Å². The number of aromatic amines is 1. The molecule has 0 aliphatic carbocycles. The van der Waals surface area contributed by atoms with Crippen LogP contribution in [0, 0.1) is 6.92 Å². The van der Waals surface area contributed by atoms with Crippen molar-refractivity contribution < 1.29 is 4.79 Å². The molecule has 2 heterocycles. The summed E-state index contributed by atoms with van der Waals surface area (Å²) in [6.07, 6.45) is 1.76. The van der Waals surface area contributed by atoms with Crippen molar-refractivity contribution in [3.05, 3.63) is 44.3 Å². The van der Waals surface area contributed by atoms with Crippen molar-refractivity contribution in [2.24, 2.45) is 0 Å². The Balaban J connectivity index is 2.16. The first kappa shape index (κ1) is 13.4. The molecule has 1 N–H and O–H groups in total. The van der Waals surface area contributed by atoms with Gasteiger partial charge in [0.05, 0.1) is 6.04 Å². The van der Waals surface area contributed by atoms with Gasteiger partial charge in [-0.3, -0.25) is 4.79 Å². The van der Waals surface area contributed by atoms with Gasteiger partial charge in [-0.2, -0.15) is 0 Å². The maximum absolute atomic E-state index is 12.3. The highest BCUT2D eigenvalue weighted by Crippen LogP contribution is 2.27. The van der Waals surface area contributed by atoms with Crippen LogP contribution in [0.3, 0.4) is 0 Å². The Hall–Kier alpha value is -1.07. The van der Waals surface area contributed by atoms with Gasteiger partial charge < -0.3 is 9.88 Å². The summed E-state index contributed by atoms with van der Waals surface area (Å²) >= 11 is 5.06. The molecule has 5 heteroatoms. The van der Waals surface area contributed by atoms with Gasteiger partial charge in [0, 0.05) is 27.5 Å². The summed E-state index contributed by atoms with van der Waals surface area (Å²) in [6.45, 7) is 4.12. The highest BCUT2D eigenvalue weighted by Gasteiger charge is 2.20. The zero-order valence-electron chi connectivity index (χ0n) is 10.5. The van der Waals surface area contributed by atoms with Gasteiger partial charge in [-0.15, -0.1) is 11.3 Å². The fraction of sp³-hybridized carbons (Fsp3) is 0.308. The van der Waals surface area contributed by atoms with Gasteiger partial charge in [-0.05, 0) is 48.0 Å². The molecule has 0 bridgehead atoms. The van der Waals surface area contributed by atoms with Crippen LogP contribution >= 0.6 is 27.3 Å². The number of rotatable bonds is 3. The van der Waals surface area contributed by atoms with Crippen LogP contribution in [0.2, 0.25) is 0 Å². The van der Waals surface area contributed by atoms with Gasteiger partial charge in [0.2, 0.25) is 0 Å². The fourth-order valence-corrected chi connectivity index (χ4v) is 3.04. The van der Waals surface area contributed by atoms with E-state index in [1.165, 1.54) is 9.75 Å². The molecule has 1 unspecified atom stereocenters. The van der Waals surface area contributed by atoms with Crippen molar-refractivity contribution in [2.75, 3.05) is 7.05 Å². The Morgan fingerprint density at radius 1 is 1.50 bits per heavy atom. The molecule has 1 atom stereocenters. The minimum absolute atomic E-state index is 0.000692. The molecule has 0 saturated carbocycles. The topological polar surface area (TPSA) is 36.1 Å². The van der Waals surface area contributed by atoms with E-state index in [4.69, 9.17) is 0 Å². The molecule has 18 heavy (non-hydrogen) atoms. The first-order chi connectivity index (χ1) is 8.49. The molecule has 0 spiro atoms. The molecule has 3 nitrogen and oxygen atoms in total. The van der Waals surface area contributed by atoms with Gasteiger partial charge in [0.25, 0.3) is 5.91 Å². The molecule has 0 aromatic carbocycles. The summed E-state index contributed by atoms with van der Waals surface area (Å²) in [4.78, 5) is 19.4. The average Bonchev–Trinajstić information content (AvgIpc) is 2.95. The Bertz CT molecular complexity index is 561. The number of hydrogen-bond acceptors (Lipinski definition) is 2. The molecular weight excluding hydrogens is 312 g/mol. The van der Waals surface area contributed by atoms with Gasteiger partial charge in [0.1, 0.15) is 5.69 Å². The molecular formula is C13H15BrN2OS. The van der Waals surface area contributed by atoms with Crippen molar-refractivity contribution in [3.8, 4) is 0 Å². The average molecular weight is 327 g/mol. The smallest absolute Gasteiger partial charge is 0.270 e. The number of carbonyl (C=O) groups is 1. The highest BCUT2D eigenvalue weighted by molar-refractivity contribution is 9.10. The maximum atomic E-state index is 12.3. The van der Waals surface area contributed by atoms with Crippen LogP contribution in [-0.4, -0.2) is 22.8 Å². The van der Waals surface area contributed by atoms with Crippen molar-refractivity contribution >= 4 is 33.2 Å². The van der Waals surface area contributed by atoms with E-state index in [-0.39, 0.29) is 11.9 Å². The lowest BCUT2D eigenvalue weighted by Crippen LogP contribution is -2.29. The van der Waals surface area contributed by atoms with Gasteiger partial charge in [-0.25, -0.2) is 0 Å². The maximum Gasteiger partial charge on any atom is 0.270 e. The van der Waals surface area contributed by atoms with E-state index < -0.39 is 0 Å². The zero-order chi connectivity index (χ0) is 13.3. The lowest BCUT2D eigenvalue weighted by atomic mass is 10.2. The number of nitrogens with zero attached hydrogens (tertiary/aromatic N) is 1. The number of nitrogens with one attached hydrogen (secondary N) is 1. The molecule has 0 aliphatic rings. The van der Waals surface area contributed by atoms with E-state index in [1.807, 2.05) is 14.0 Å². The van der Waals surface area contributed by atoms with Crippen molar-refractivity contribution in [1.82, 2.24) is 9.88 Å². The summed E-state index contributed by atoms with van der Waals surface area (Å²) in [5, 5.41) is 0. The van der Waals surface area contributed by atoms with Crippen LogP contribution in [0.5, 0.6) is 0 Å². The second-order valence-electron chi connectivity index (χ2n) is 4.27. The van der Waals surface area contributed by atoms with Crippen LogP contribution < -0.4 is 0 Å². The summed E-state index contributed by atoms with van der Waals surface area (Å²) in [6, 6.07) is 6.04. The molecule has 0 fully saturated rings. The first-order valence-electron chi connectivity index (χ1n) is 5.66. The van der Waals surface area contributed by atoms with E-state index in [9.17, 15) is 4.79 Å². The number of thiophene rings is 1. The van der Waals surface area contributed by atoms with Crippen LogP contribution in [0.15, 0.2) is 28.9 Å². The molecule has 0 saturated heterocycles. The summed E-state index contributed by atoms with van der Waals surface area (Å²) in [5.41, 5.74) is 0.601. The van der Waals surface area contributed by atoms with Crippen LogP contribution in [0.4, 0.5) is 0 Å². The Morgan fingerprint density at radius 3 is 2.72 bits per heavy atom. The van der Waals surface area contributed by atoms with E-state index >= 15 is 0 Å². The predicted molar refractivity (Wildman–Crippen MR) is 78.1 cm³/mol. The lowest BCUT2D eigenvalue weighted by molar-refractivity contribution is 0.0739. The largest absolute Gasteiger partial charge is 0.356 e. The van der Waals surface area contributed by atoms with E-state index in [2.05, 4.69) is 40.0 Å². The molecule has 96 valence electrons. The van der Waals surface area contributed by atoms with Gasteiger partial charge >= 0.3 is 0 Å². The number of carbonyl (C=O) groups excluding carboxylic acids is 1. The number of halogens is 1. The highest BCUT2D eigenvalue weighted by atomic mass is 79.9. The van der Waals surface area contributed by atoms with E-state index in [0.29, 0.717) is 5.69 Å². The van der Waals surface area contributed by atoms with Crippen LogP contribution in [0.1, 0.15) is 33.2 Å². The summed E-state index contributed by atoms with van der Waals surface area (Å²) in [5.74, 6) is -0.000692. The molecule has 0 aliphatic heterocycles. The minimum Gasteiger partial charge on any atom is -0.356 e. The molecule has 2 aromatic heterocycles. The van der Waals surface area contributed by atoms with Crippen molar-refractivity contribution in [3.63, 3.8) is 0 Å². The summed E-state index contributed by atoms with van der Waals surface area (Å²) < 4.78 is 0.888. The van der Waals surface area contributed by atoms with Crippen LogP contribution in [0.25, 0.3) is 0 Å². The molecule has 0 radical (unpaired) electrons. The van der Waals surface area contributed by atoms with Crippen molar-refractivity contribution in [1.29, 1.82) is 0 Å². The standard InChI is InChI=1S/C13H15BrN2OS/c1-8-4-5-12(18-8)9(2)16(3)13(17)11-6-10(14)7-15-11/h4-7,9,15H,1-3H3. The summed E-state index contributed by atoms with van der Waals surface area (Å²) in [7, 11) is 1.83. The first-order valence-corrected chi connectivity index (χ1v) is 7.27. The number of H-pyrrole nitrogens is 1. The normalized spacial score (nSPS) is 12.4. The third-order valence-corrected chi connectivity index (χ3v) is 4.58. The monoisotopic (exact) mass is 326 g/mol. The molecule has 1 amide bonds. The van der Waals surface area contributed by atoms with Gasteiger partial charge in [0.15, 0.2) is 0 Å². The minimum atomic E-state index is -0.000692. The van der Waals surface area contributed by atoms with Crippen molar-refractivity contribution in [2.45, 2.75) is 19.9 Å². The number of aryl methyl sites for hydroxylation is 1. The second kappa shape index (κ2) is 5.28. The Kier molecular flexibility index (Phi) is 3.92. The second-order valence-corrected chi connectivity index (χ2v) is 6.51. The number of aromatic nitrogens is 1. The molecule has 2 rings (SSSR count). The molecule has 2 aromatic rings. The lowest BCUT2D eigenvalue weighted by Gasteiger charge is -2.23. The SMILES string of the molecule is Cc1ccc(C(C)N(C)C(=O)c2cc(Br)c[nH]2)s1. The zero-order valence-corrected chi connectivity index (χ0v) is 12.9. The number of amides is 1. The fourth-order valence-electron chi connectivity index (χ4n) is 1.73. The van der Waals surface area contributed by atoms with Gasteiger partial charge in [-0.1, -0.05) is 0 Å². The third-order valence-electron chi connectivity index (χ3n) is 2.95. The number of hydrogen-bond donors (Lipinski definition) is 1. The Morgan fingerprint density at radius 2 is 2.22 bits per heavy atom. The van der Waals surface area contributed by atoms with E-state index in [0.717, 1.165) is 4.47 Å². The predicted octanol–water partition coefficient (Wildman–Crippen LogP) is 3.98. The quantitative estimate of drug-likeness (QED) is 0.909. The van der Waals surface area contributed by atoms with E-state index in [1.54, 1.807) is 28.5 Å². The third kappa shape index (κ3) is 2.67.